The Morgan fingerprint density at radius 3 is 1.88 bits per heavy atom. The summed E-state index contributed by atoms with van der Waals surface area (Å²) in [7, 11) is -1.82. The van der Waals surface area contributed by atoms with E-state index in [2.05, 4.69) is 94.3 Å². The summed E-state index contributed by atoms with van der Waals surface area (Å²) < 4.78 is 4.26. The van der Waals surface area contributed by atoms with Gasteiger partial charge in [0.2, 0.25) is 0 Å². The third-order valence-electron chi connectivity index (χ3n) is 6.36. The van der Waals surface area contributed by atoms with Gasteiger partial charge in [0.15, 0.2) is 8.24 Å². The molecule has 0 saturated carbocycles. The Labute approximate surface area is 161 Å². The number of fused-ring (bicyclic) bond motifs is 5. The van der Waals surface area contributed by atoms with Crippen molar-refractivity contribution < 1.29 is 0 Å². The van der Waals surface area contributed by atoms with E-state index in [1.165, 1.54) is 31.2 Å². The Hall–Kier alpha value is -1.58. The summed E-state index contributed by atoms with van der Waals surface area (Å²) in [5.74, 6) is 0. The van der Waals surface area contributed by atoms with Gasteiger partial charge in [0.05, 0.1) is 4.83 Å². The molecular formula is C23H29NSSi. The topological polar surface area (TPSA) is 4.93 Å². The first kappa shape index (κ1) is 17.8. The number of nitrogens with zero attached hydrogens (tertiary/aromatic N) is 1. The zero-order chi connectivity index (χ0) is 18.6. The standard InChI is InChI=1S/C23H29NSSi/c1-15(2)26(16(3)4,17(5)6)24-20-13-9-7-11-18(20)22-19-12-8-10-14-21(19)25-23(22)24/h7-17H,1-6H3. The molecule has 0 atom stereocenters. The molecule has 0 amide bonds. The lowest BCUT2D eigenvalue weighted by molar-refractivity contribution is 0.780. The van der Waals surface area contributed by atoms with Gasteiger partial charge in [-0.15, -0.1) is 11.3 Å². The maximum absolute atomic E-state index is 2.85. The molecule has 136 valence electrons. The predicted octanol–water partition coefficient (Wildman–Crippen LogP) is 8.03. The van der Waals surface area contributed by atoms with Crippen molar-refractivity contribution in [2.24, 2.45) is 0 Å². The molecule has 3 heteroatoms. The quantitative estimate of drug-likeness (QED) is 0.316. The van der Waals surface area contributed by atoms with Crippen LogP contribution >= 0.6 is 11.3 Å². The third kappa shape index (κ3) is 2.20. The maximum atomic E-state index is 2.85. The van der Waals surface area contributed by atoms with Gasteiger partial charge in [0.1, 0.15) is 0 Å². The van der Waals surface area contributed by atoms with Gasteiger partial charge in [-0.05, 0) is 28.8 Å². The van der Waals surface area contributed by atoms with Crippen molar-refractivity contribution in [3.05, 3.63) is 48.5 Å². The fraction of sp³-hybridized carbons (Fsp3) is 0.391. The molecule has 26 heavy (non-hydrogen) atoms. The fourth-order valence-electron chi connectivity index (χ4n) is 5.60. The summed E-state index contributed by atoms with van der Waals surface area (Å²) in [6.45, 7) is 14.8. The first-order chi connectivity index (χ1) is 12.4. The van der Waals surface area contributed by atoms with Crippen molar-refractivity contribution in [1.29, 1.82) is 0 Å². The van der Waals surface area contributed by atoms with E-state index in [0.717, 1.165) is 0 Å². The number of hydrogen-bond donors (Lipinski definition) is 0. The maximum Gasteiger partial charge on any atom is 0.171 e. The molecule has 0 spiro atoms. The molecule has 0 aliphatic rings. The van der Waals surface area contributed by atoms with Gasteiger partial charge in [-0.2, -0.15) is 0 Å². The predicted molar refractivity (Wildman–Crippen MR) is 121 cm³/mol. The molecule has 4 rings (SSSR count). The third-order valence-corrected chi connectivity index (χ3v) is 14.5. The summed E-state index contributed by atoms with van der Waals surface area (Å²) in [6.07, 6.45) is 0. The zero-order valence-corrected chi connectivity index (χ0v) is 18.5. The van der Waals surface area contributed by atoms with Crippen LogP contribution in [0.15, 0.2) is 48.5 Å². The van der Waals surface area contributed by atoms with Crippen molar-refractivity contribution in [1.82, 2.24) is 4.23 Å². The Morgan fingerprint density at radius 2 is 1.27 bits per heavy atom. The molecule has 4 aromatic rings. The van der Waals surface area contributed by atoms with Crippen LogP contribution in [0, 0.1) is 0 Å². The summed E-state index contributed by atoms with van der Waals surface area (Å²) in [6, 6.07) is 18.0. The van der Waals surface area contributed by atoms with E-state index in [1.807, 2.05) is 11.3 Å². The van der Waals surface area contributed by atoms with Crippen molar-refractivity contribution in [3.8, 4) is 0 Å². The van der Waals surface area contributed by atoms with Gasteiger partial charge < -0.3 is 4.23 Å². The van der Waals surface area contributed by atoms with E-state index in [1.54, 1.807) is 0 Å². The van der Waals surface area contributed by atoms with Crippen LogP contribution in [-0.2, 0) is 0 Å². The first-order valence-corrected chi connectivity index (χ1v) is 12.8. The number of para-hydroxylation sites is 1. The normalized spacial score (nSPS) is 13.3. The zero-order valence-electron chi connectivity index (χ0n) is 16.7. The SMILES string of the molecule is CC(C)[Si](C(C)C)(C(C)C)n1c2ccccc2c2c3ccccc3sc21. The van der Waals surface area contributed by atoms with Gasteiger partial charge in [0.25, 0.3) is 0 Å². The fourth-order valence-corrected chi connectivity index (χ4v) is 14.0. The van der Waals surface area contributed by atoms with Crippen LogP contribution in [0.3, 0.4) is 0 Å². The van der Waals surface area contributed by atoms with Crippen LogP contribution < -0.4 is 0 Å². The highest BCUT2D eigenvalue weighted by Gasteiger charge is 2.47. The summed E-state index contributed by atoms with van der Waals surface area (Å²) in [5.41, 5.74) is 3.51. The van der Waals surface area contributed by atoms with E-state index in [4.69, 9.17) is 0 Å². The molecule has 0 N–H and O–H groups in total. The van der Waals surface area contributed by atoms with E-state index in [0.29, 0.717) is 16.6 Å². The van der Waals surface area contributed by atoms with E-state index in [9.17, 15) is 0 Å². The average molecular weight is 380 g/mol. The molecule has 0 bridgehead atoms. The van der Waals surface area contributed by atoms with Crippen molar-refractivity contribution >= 4 is 50.8 Å². The van der Waals surface area contributed by atoms with E-state index >= 15 is 0 Å². The minimum atomic E-state index is -1.82. The molecule has 1 nitrogen and oxygen atoms in total. The van der Waals surface area contributed by atoms with Crippen LogP contribution in [-0.4, -0.2) is 12.5 Å². The summed E-state index contributed by atoms with van der Waals surface area (Å²) in [5, 5.41) is 4.32. The minimum absolute atomic E-state index is 0.687. The summed E-state index contributed by atoms with van der Waals surface area (Å²) in [4.78, 5) is 1.50. The van der Waals surface area contributed by atoms with E-state index < -0.39 is 8.24 Å². The first-order valence-electron chi connectivity index (χ1n) is 9.81. The number of thiophene rings is 1. The van der Waals surface area contributed by atoms with Crippen molar-refractivity contribution in [2.75, 3.05) is 0 Å². The molecular weight excluding hydrogens is 350 g/mol. The highest BCUT2D eigenvalue weighted by atomic mass is 32.1. The molecule has 0 aliphatic heterocycles. The van der Waals surface area contributed by atoms with E-state index in [-0.39, 0.29) is 0 Å². The largest absolute Gasteiger partial charge is 0.359 e. The van der Waals surface area contributed by atoms with Crippen LogP contribution in [0.5, 0.6) is 0 Å². The molecule has 2 heterocycles. The lowest BCUT2D eigenvalue weighted by Gasteiger charge is -2.44. The Morgan fingerprint density at radius 1 is 0.731 bits per heavy atom. The lowest BCUT2D eigenvalue weighted by atomic mass is 10.1. The number of rotatable bonds is 4. The van der Waals surface area contributed by atoms with Crippen LogP contribution in [0.25, 0.3) is 31.2 Å². The molecule has 0 aliphatic carbocycles. The molecule has 0 unspecified atom stereocenters. The Kier molecular flexibility index (Phi) is 4.28. The molecule has 2 aromatic heterocycles. The van der Waals surface area contributed by atoms with Crippen LogP contribution in [0.2, 0.25) is 16.6 Å². The van der Waals surface area contributed by atoms with Crippen LogP contribution in [0.1, 0.15) is 41.5 Å². The number of hydrogen-bond acceptors (Lipinski definition) is 1. The number of benzene rings is 2. The Balaban J connectivity index is 2.27. The minimum Gasteiger partial charge on any atom is -0.359 e. The van der Waals surface area contributed by atoms with Gasteiger partial charge >= 0.3 is 0 Å². The second kappa shape index (κ2) is 6.24. The summed E-state index contributed by atoms with van der Waals surface area (Å²) >= 11 is 1.99. The van der Waals surface area contributed by atoms with Crippen molar-refractivity contribution in [3.63, 3.8) is 0 Å². The van der Waals surface area contributed by atoms with Crippen molar-refractivity contribution in [2.45, 2.75) is 58.2 Å². The van der Waals surface area contributed by atoms with Gasteiger partial charge in [-0.3, -0.25) is 0 Å². The molecule has 0 fully saturated rings. The van der Waals surface area contributed by atoms with Gasteiger partial charge in [0, 0.05) is 26.4 Å². The second-order valence-corrected chi connectivity index (χ2v) is 15.2. The lowest BCUT2D eigenvalue weighted by Crippen LogP contribution is -2.51. The molecule has 2 aromatic carbocycles. The second-order valence-electron chi connectivity index (χ2n) is 8.48. The smallest absolute Gasteiger partial charge is 0.171 e. The molecule has 0 saturated heterocycles. The van der Waals surface area contributed by atoms with Gasteiger partial charge in [-0.25, -0.2) is 0 Å². The van der Waals surface area contributed by atoms with Gasteiger partial charge in [-0.1, -0.05) is 77.9 Å². The Bertz CT molecular complexity index is 1060. The highest BCUT2D eigenvalue weighted by molar-refractivity contribution is 7.26. The van der Waals surface area contributed by atoms with Crippen LogP contribution in [0.4, 0.5) is 0 Å². The monoisotopic (exact) mass is 379 g/mol. The average Bonchev–Trinajstić information content (AvgIpc) is 3.10. The molecule has 0 radical (unpaired) electrons. The highest BCUT2D eigenvalue weighted by Crippen LogP contribution is 2.49. The number of aromatic nitrogens is 1.